The monoisotopic (exact) mass is 1040 g/mol. The lowest BCUT2D eigenvalue weighted by Crippen LogP contribution is -2.50. The average Bonchev–Trinajstić information content (AvgIpc) is 4.15. The van der Waals surface area contributed by atoms with Gasteiger partial charge in [-0.2, -0.15) is 0 Å². The number of aryl methyl sites for hydroxylation is 1. The highest BCUT2D eigenvalue weighted by Gasteiger charge is 2.62. The summed E-state index contributed by atoms with van der Waals surface area (Å²) in [5, 5.41) is 6.91. The summed E-state index contributed by atoms with van der Waals surface area (Å²) in [5.41, 5.74) is 2.69. The van der Waals surface area contributed by atoms with E-state index in [-0.39, 0.29) is 55.4 Å². The first-order valence-electron chi connectivity index (χ1n) is 25.7. The number of ether oxygens (including phenoxy) is 3. The highest BCUT2D eigenvalue weighted by molar-refractivity contribution is 7.91. The van der Waals surface area contributed by atoms with Gasteiger partial charge in [-0.15, -0.1) is 11.3 Å². The van der Waals surface area contributed by atoms with Gasteiger partial charge in [-0.1, -0.05) is 44.9 Å². The van der Waals surface area contributed by atoms with Crippen LogP contribution in [0.15, 0.2) is 60.0 Å². The number of allylic oxidation sites excluding steroid dienone is 2. The predicted molar refractivity (Wildman–Crippen MR) is 278 cm³/mol. The van der Waals surface area contributed by atoms with E-state index < -0.39 is 50.4 Å². The molecule has 17 nitrogen and oxygen atoms in total. The lowest BCUT2D eigenvalue weighted by atomic mass is 9.91. The van der Waals surface area contributed by atoms with Crippen molar-refractivity contribution in [2.24, 2.45) is 11.3 Å². The van der Waals surface area contributed by atoms with Gasteiger partial charge in [0.1, 0.15) is 34.3 Å². The molecule has 4 fully saturated rings. The van der Waals surface area contributed by atoms with Crippen LogP contribution in [0.5, 0.6) is 11.5 Å². The molecule has 2 N–H and O–H groups in total. The van der Waals surface area contributed by atoms with Crippen molar-refractivity contribution in [1.82, 2.24) is 29.4 Å². The summed E-state index contributed by atoms with van der Waals surface area (Å²) in [4.78, 5) is 85.8. The molecular formula is C54H67N7O10S2. The fourth-order valence-electron chi connectivity index (χ4n) is 10.4. The number of hydrogen-bond acceptors (Lipinski definition) is 14. The predicted octanol–water partition coefficient (Wildman–Crippen LogP) is 8.03. The van der Waals surface area contributed by atoms with Gasteiger partial charge in [-0.25, -0.2) is 23.2 Å². The maximum atomic E-state index is 15.4. The normalized spacial score (nSPS) is 24.7. The van der Waals surface area contributed by atoms with Gasteiger partial charge in [0, 0.05) is 72.7 Å². The zero-order valence-electron chi connectivity index (χ0n) is 42.6. The first kappa shape index (κ1) is 51.8. The van der Waals surface area contributed by atoms with E-state index in [2.05, 4.69) is 23.9 Å². The molecule has 4 amide bonds. The van der Waals surface area contributed by atoms with Gasteiger partial charge in [-0.05, 0) is 101 Å². The second-order valence-electron chi connectivity index (χ2n) is 20.8. The maximum absolute atomic E-state index is 15.4. The van der Waals surface area contributed by atoms with E-state index in [0.29, 0.717) is 103 Å². The van der Waals surface area contributed by atoms with Crippen molar-refractivity contribution in [2.45, 2.75) is 128 Å². The Morgan fingerprint density at radius 1 is 0.973 bits per heavy atom. The molecule has 5 aliphatic rings. The second-order valence-corrected chi connectivity index (χ2v) is 23.9. The highest BCUT2D eigenvalue weighted by Crippen LogP contribution is 2.58. The van der Waals surface area contributed by atoms with Crippen molar-refractivity contribution in [3.05, 3.63) is 76.8 Å². The number of anilines is 1. The Kier molecular flexibility index (Phi) is 14.9. The van der Waals surface area contributed by atoms with Crippen LogP contribution in [0.1, 0.15) is 119 Å². The molecule has 0 bridgehead atoms. The summed E-state index contributed by atoms with van der Waals surface area (Å²) < 4.78 is 46.1. The molecule has 390 valence electrons. The number of methoxy groups -OCH3 is 1. The minimum atomic E-state index is -4.00. The van der Waals surface area contributed by atoms with E-state index in [1.165, 1.54) is 11.3 Å². The molecule has 73 heavy (non-hydrogen) atoms. The van der Waals surface area contributed by atoms with Crippen molar-refractivity contribution >= 4 is 67.5 Å². The van der Waals surface area contributed by atoms with Crippen LogP contribution in [-0.4, -0.2) is 132 Å². The Hall–Kier alpha value is -6.08. The summed E-state index contributed by atoms with van der Waals surface area (Å²) in [6.07, 6.45) is 7.38. The lowest BCUT2D eigenvalue weighted by Gasteiger charge is -2.34. The molecule has 4 aromatic rings. The third kappa shape index (κ3) is 10.8. The van der Waals surface area contributed by atoms with Gasteiger partial charge in [0.15, 0.2) is 5.78 Å². The number of carbonyl (C=O) groups is 5. The number of carbonyl (C=O) groups excluding carboxylic acids is 5. The van der Waals surface area contributed by atoms with Crippen LogP contribution < -0.4 is 19.5 Å². The van der Waals surface area contributed by atoms with E-state index in [4.69, 9.17) is 24.2 Å². The van der Waals surface area contributed by atoms with Gasteiger partial charge < -0.3 is 34.2 Å². The molecule has 2 saturated heterocycles. The van der Waals surface area contributed by atoms with Gasteiger partial charge in [-0.3, -0.25) is 23.9 Å². The standard InChI is InChI=1S/C54H67N7O10S2/c1-7-70-52(66)60-24-22-59(23-25-60)49(63)35-14-13-16-37(26-35)55-40-17-12-10-8-9-11-15-36-29-54(36,51(65)58-73(67,68)53(5)20-21-53)30-44(62)43-27-38(31-61(43)50(40)64)71-46-28-41(48-57-42(32-72-48)33(2)3)56-47-34(4)45(69-6)19-18-39(46)47/h11,13-16,18-19,26,28,32-33,36,38,40,43,55H,7-10,12,17,20-25,27,29-31H2,1-6H3,(H,58,65)/b15-11-/t36-,38+,40-,43-,54+/m0/s1. The maximum Gasteiger partial charge on any atom is 0.409 e. The van der Waals surface area contributed by atoms with Crippen LogP contribution in [-0.2, 0) is 29.1 Å². The first-order chi connectivity index (χ1) is 34.9. The van der Waals surface area contributed by atoms with Crippen molar-refractivity contribution in [2.75, 3.05) is 51.8 Å². The number of nitrogens with one attached hydrogen (secondary N) is 2. The Balaban J connectivity index is 1.03. The smallest absolute Gasteiger partial charge is 0.409 e. The van der Waals surface area contributed by atoms with Crippen LogP contribution >= 0.6 is 11.3 Å². The number of pyridine rings is 1. The molecule has 0 unspecified atom stereocenters. The number of hydrogen-bond donors (Lipinski definition) is 2. The molecule has 0 spiro atoms. The molecule has 2 aromatic carbocycles. The number of sulfonamides is 1. The molecule has 2 saturated carbocycles. The van der Waals surface area contributed by atoms with Crippen LogP contribution in [0.4, 0.5) is 10.5 Å². The Morgan fingerprint density at radius 2 is 1.74 bits per heavy atom. The second kappa shape index (κ2) is 21.0. The molecule has 5 heterocycles. The minimum absolute atomic E-state index is 0.0437. The van der Waals surface area contributed by atoms with Crippen molar-refractivity contribution in [3.63, 3.8) is 0 Å². The Morgan fingerprint density at radius 3 is 2.45 bits per heavy atom. The van der Waals surface area contributed by atoms with Crippen LogP contribution in [0, 0.1) is 18.3 Å². The van der Waals surface area contributed by atoms with Crippen LogP contribution in [0.25, 0.3) is 21.6 Å². The van der Waals surface area contributed by atoms with Crippen molar-refractivity contribution < 1.29 is 46.6 Å². The van der Waals surface area contributed by atoms with E-state index >= 15 is 9.59 Å². The summed E-state index contributed by atoms with van der Waals surface area (Å²) >= 11 is 1.49. The van der Waals surface area contributed by atoms with Gasteiger partial charge in [0.05, 0.1) is 47.7 Å². The Labute approximate surface area is 431 Å². The summed E-state index contributed by atoms with van der Waals surface area (Å²) in [6.45, 7) is 11.2. The topological polar surface area (TPSA) is 207 Å². The van der Waals surface area contributed by atoms with Crippen LogP contribution in [0.3, 0.4) is 0 Å². The molecule has 2 aromatic heterocycles. The number of benzene rings is 2. The zero-order valence-corrected chi connectivity index (χ0v) is 44.2. The number of rotatable bonds is 12. The SMILES string of the molecule is CCOC(=O)N1CCN(C(=O)c2cccc(N[C@H]3CCCCC/C=C\[C@H]4C[C@@]4(C(=O)NS(=O)(=O)C4(C)CC4)CC(=O)[C@@H]4C[C@@H](Oc5cc(-c6nc(C(C)C)cs6)nc6c(C)c(OC)ccc56)CN4C3=O)c2)CC1. The summed E-state index contributed by atoms with van der Waals surface area (Å²) in [5.74, 6) is -0.562. The van der Waals surface area contributed by atoms with Gasteiger partial charge in [0.25, 0.3) is 5.91 Å². The third-order valence-corrected chi connectivity index (χ3v) is 18.4. The van der Waals surface area contributed by atoms with Gasteiger partial charge >= 0.3 is 6.09 Å². The number of ketones is 1. The lowest BCUT2D eigenvalue weighted by molar-refractivity contribution is -0.139. The number of fused-ring (bicyclic) bond motifs is 3. The summed E-state index contributed by atoms with van der Waals surface area (Å²) in [7, 11) is -2.39. The molecule has 2 aliphatic carbocycles. The van der Waals surface area contributed by atoms with Crippen molar-refractivity contribution in [3.8, 4) is 22.2 Å². The number of piperazine rings is 1. The Bertz CT molecular complexity index is 2930. The molecule has 9 rings (SSSR count). The third-order valence-electron chi connectivity index (χ3n) is 15.4. The molecule has 19 heteroatoms. The largest absolute Gasteiger partial charge is 0.496 e. The zero-order chi connectivity index (χ0) is 51.8. The molecule has 0 radical (unpaired) electrons. The summed E-state index contributed by atoms with van der Waals surface area (Å²) in [6, 6.07) is 10.8. The highest BCUT2D eigenvalue weighted by atomic mass is 32.2. The van der Waals surface area contributed by atoms with E-state index in [0.717, 1.165) is 30.5 Å². The quantitative estimate of drug-likeness (QED) is 0.129. The number of aromatic nitrogens is 2. The fourth-order valence-corrected chi connectivity index (χ4v) is 12.7. The van der Waals surface area contributed by atoms with Crippen molar-refractivity contribution in [1.29, 1.82) is 0 Å². The van der Waals surface area contributed by atoms with E-state index in [1.54, 1.807) is 53.9 Å². The molecular weight excluding hydrogens is 971 g/mol. The number of thiazole rings is 1. The average molecular weight is 1040 g/mol. The fraction of sp³-hybridized carbons (Fsp3) is 0.537. The number of Topliss-reactive ketones (excluding diaryl/α,β-unsaturated/α-hetero) is 1. The first-order valence-corrected chi connectivity index (χ1v) is 28.1. The van der Waals surface area contributed by atoms with Gasteiger partial charge in [0.2, 0.25) is 21.8 Å². The van der Waals surface area contributed by atoms with E-state index in [9.17, 15) is 22.8 Å². The number of amides is 4. The molecule has 3 aliphatic heterocycles. The number of nitrogens with zero attached hydrogens (tertiary/aromatic N) is 5. The van der Waals surface area contributed by atoms with E-state index in [1.807, 2.05) is 48.7 Å². The minimum Gasteiger partial charge on any atom is -0.496 e. The van der Waals surface area contributed by atoms with Crippen LogP contribution in [0.2, 0.25) is 0 Å². The molecule has 5 atom stereocenters.